The molecule has 2 aromatic rings. The van der Waals surface area contributed by atoms with Crippen LogP contribution < -0.4 is 10.2 Å². The molecule has 1 fully saturated rings. The highest BCUT2D eigenvalue weighted by Crippen LogP contribution is 2.49. The molecule has 2 atom stereocenters. The average molecular weight is 460 g/mol. The van der Waals surface area contributed by atoms with Crippen molar-refractivity contribution in [3.05, 3.63) is 48.0 Å². The van der Waals surface area contributed by atoms with Gasteiger partial charge >= 0.3 is 0 Å². The maximum atomic E-state index is 12.8. The third-order valence-corrected chi connectivity index (χ3v) is 7.43. The van der Waals surface area contributed by atoms with Crippen LogP contribution in [-0.4, -0.2) is 43.0 Å². The van der Waals surface area contributed by atoms with E-state index < -0.39 is 0 Å². The molecule has 1 saturated heterocycles. The Morgan fingerprint density at radius 3 is 2.52 bits per heavy atom. The van der Waals surface area contributed by atoms with Crippen LogP contribution in [0.2, 0.25) is 0 Å². The Hall–Kier alpha value is -1.69. The van der Waals surface area contributed by atoms with E-state index in [0.29, 0.717) is 12.0 Å². The fraction of sp³-hybridized carbons (Fsp3) is 0.480. The molecule has 0 aliphatic carbocycles. The molecule has 4 rings (SSSR count). The van der Waals surface area contributed by atoms with Gasteiger partial charge in [0.05, 0.1) is 11.4 Å². The molecule has 0 saturated carbocycles. The van der Waals surface area contributed by atoms with Gasteiger partial charge in [-0.15, -0.1) is 12.4 Å². The van der Waals surface area contributed by atoms with Crippen molar-refractivity contribution in [1.82, 2.24) is 10.2 Å². The fourth-order valence-corrected chi connectivity index (χ4v) is 5.39. The molecule has 2 aromatic carbocycles. The number of carbonyl (C=O) groups is 1. The number of benzene rings is 2. The second-order valence-electron chi connectivity index (χ2n) is 8.70. The summed E-state index contributed by atoms with van der Waals surface area (Å²) in [6.07, 6.45) is 3.67. The van der Waals surface area contributed by atoms with Crippen LogP contribution in [0.3, 0.4) is 0 Å². The molecule has 2 heterocycles. The van der Waals surface area contributed by atoms with Gasteiger partial charge < -0.3 is 15.1 Å². The van der Waals surface area contributed by atoms with Crippen LogP contribution in [0.15, 0.2) is 52.3 Å². The number of hydrogen-bond donors (Lipinski definition) is 1. The lowest BCUT2D eigenvalue weighted by atomic mass is 10.1. The number of para-hydroxylation sites is 1. The minimum absolute atomic E-state index is 0. The third kappa shape index (κ3) is 5.39. The van der Waals surface area contributed by atoms with Gasteiger partial charge in [-0.25, -0.2) is 0 Å². The summed E-state index contributed by atoms with van der Waals surface area (Å²) in [6.45, 7) is 10.8. The first-order valence-corrected chi connectivity index (χ1v) is 12.1. The molecule has 31 heavy (non-hydrogen) atoms. The van der Waals surface area contributed by atoms with Crippen molar-refractivity contribution in [2.75, 3.05) is 31.1 Å². The molecule has 0 spiro atoms. The molecule has 2 aliphatic heterocycles. The quantitative estimate of drug-likeness (QED) is 0.553. The van der Waals surface area contributed by atoms with Crippen LogP contribution in [0.5, 0.6) is 0 Å². The highest BCUT2D eigenvalue weighted by atomic mass is 35.5. The Morgan fingerprint density at radius 2 is 1.77 bits per heavy atom. The van der Waals surface area contributed by atoms with Crippen LogP contribution in [0.25, 0.3) is 0 Å². The summed E-state index contributed by atoms with van der Waals surface area (Å²) in [5.41, 5.74) is 3.15. The molecule has 1 N–H and O–H groups in total. The van der Waals surface area contributed by atoms with Crippen LogP contribution in [0.1, 0.15) is 50.4 Å². The maximum Gasteiger partial charge on any atom is 0.251 e. The zero-order valence-electron chi connectivity index (χ0n) is 18.8. The number of rotatable bonds is 7. The number of nitrogens with one attached hydrogen (secondary N) is 1. The number of nitrogens with zero attached hydrogens (tertiary/aromatic N) is 2. The van der Waals surface area contributed by atoms with Gasteiger partial charge in [-0.2, -0.15) is 0 Å². The summed E-state index contributed by atoms with van der Waals surface area (Å²) in [6, 6.07) is 15.1. The molecule has 168 valence electrons. The summed E-state index contributed by atoms with van der Waals surface area (Å²) in [4.78, 5) is 20.3. The number of carbonyl (C=O) groups excluding carboxylic acids is 1. The predicted molar refractivity (Wildman–Crippen MR) is 133 cm³/mol. The van der Waals surface area contributed by atoms with Crippen molar-refractivity contribution < 1.29 is 4.79 Å². The SMILES string of the molecule is CCC(C)CNC(=O)c1ccc2c(c1)N(C(C)CN1CCCC1)c1ccccc1S2.Cl. The normalized spacial score (nSPS) is 17.3. The first-order chi connectivity index (χ1) is 14.6. The monoisotopic (exact) mass is 459 g/mol. The van der Waals surface area contributed by atoms with Crippen LogP contribution >= 0.6 is 24.2 Å². The van der Waals surface area contributed by atoms with Gasteiger partial charge in [-0.05, 0) is 69.1 Å². The molecule has 0 bridgehead atoms. The van der Waals surface area contributed by atoms with Gasteiger partial charge in [0.1, 0.15) is 0 Å². The van der Waals surface area contributed by atoms with Gasteiger partial charge in [0, 0.05) is 34.5 Å². The van der Waals surface area contributed by atoms with E-state index in [0.717, 1.165) is 30.8 Å². The number of amides is 1. The largest absolute Gasteiger partial charge is 0.352 e. The second kappa shape index (κ2) is 10.8. The summed E-state index contributed by atoms with van der Waals surface area (Å²) in [5.74, 6) is 0.514. The maximum absolute atomic E-state index is 12.8. The van der Waals surface area contributed by atoms with Gasteiger partial charge in [0.25, 0.3) is 5.91 Å². The molecule has 4 nitrogen and oxygen atoms in total. The van der Waals surface area contributed by atoms with E-state index >= 15 is 0 Å². The summed E-state index contributed by atoms with van der Waals surface area (Å²) < 4.78 is 0. The zero-order valence-corrected chi connectivity index (χ0v) is 20.4. The molecular formula is C25H34ClN3OS. The molecule has 0 radical (unpaired) electrons. The predicted octanol–water partition coefficient (Wildman–Crippen LogP) is 5.97. The minimum atomic E-state index is 0. The number of anilines is 2. The van der Waals surface area contributed by atoms with Crippen molar-refractivity contribution in [3.63, 3.8) is 0 Å². The van der Waals surface area contributed by atoms with E-state index in [2.05, 4.69) is 72.3 Å². The van der Waals surface area contributed by atoms with E-state index in [1.54, 1.807) is 11.8 Å². The van der Waals surface area contributed by atoms with E-state index in [4.69, 9.17) is 0 Å². The fourth-order valence-electron chi connectivity index (χ4n) is 4.33. The lowest BCUT2D eigenvalue weighted by molar-refractivity contribution is 0.0948. The van der Waals surface area contributed by atoms with Crippen molar-refractivity contribution in [3.8, 4) is 0 Å². The number of likely N-dealkylation sites (tertiary alicyclic amines) is 1. The number of hydrogen-bond acceptors (Lipinski definition) is 4. The smallest absolute Gasteiger partial charge is 0.251 e. The minimum Gasteiger partial charge on any atom is -0.352 e. The first-order valence-electron chi connectivity index (χ1n) is 11.3. The Morgan fingerprint density at radius 1 is 1.06 bits per heavy atom. The van der Waals surface area contributed by atoms with E-state index in [9.17, 15) is 4.79 Å². The van der Waals surface area contributed by atoms with E-state index in [1.807, 2.05) is 6.07 Å². The molecule has 0 aromatic heterocycles. The van der Waals surface area contributed by atoms with Crippen LogP contribution in [0, 0.1) is 5.92 Å². The summed E-state index contributed by atoms with van der Waals surface area (Å²) >= 11 is 1.80. The molecule has 1 amide bonds. The Bertz CT molecular complexity index is 900. The topological polar surface area (TPSA) is 35.6 Å². The van der Waals surface area contributed by atoms with Crippen molar-refractivity contribution in [2.24, 2.45) is 5.92 Å². The van der Waals surface area contributed by atoms with Crippen LogP contribution in [0.4, 0.5) is 11.4 Å². The zero-order chi connectivity index (χ0) is 21.1. The van der Waals surface area contributed by atoms with Crippen molar-refractivity contribution >= 4 is 41.5 Å². The summed E-state index contributed by atoms with van der Waals surface area (Å²) in [7, 11) is 0. The van der Waals surface area contributed by atoms with E-state index in [-0.39, 0.29) is 18.3 Å². The first kappa shape index (κ1) is 24.0. The van der Waals surface area contributed by atoms with Gasteiger partial charge in [-0.1, -0.05) is 44.2 Å². The highest BCUT2D eigenvalue weighted by Gasteiger charge is 2.29. The molecular weight excluding hydrogens is 426 g/mol. The highest BCUT2D eigenvalue weighted by molar-refractivity contribution is 7.99. The molecule has 6 heteroatoms. The van der Waals surface area contributed by atoms with Gasteiger partial charge in [0.2, 0.25) is 0 Å². The standard InChI is InChI=1S/C25H33N3OS.ClH/c1-4-18(2)16-26-25(29)20-11-12-24-22(15-20)28(19(3)17-27-13-7-8-14-27)21-9-5-6-10-23(21)30-24;/h5-6,9-12,15,18-19H,4,7-8,13-14,16-17H2,1-3H3,(H,26,29);1H. The van der Waals surface area contributed by atoms with Gasteiger partial charge in [0.15, 0.2) is 0 Å². The van der Waals surface area contributed by atoms with E-state index in [1.165, 1.54) is 41.4 Å². The second-order valence-corrected chi connectivity index (χ2v) is 9.79. The Balaban J connectivity index is 0.00000272. The Labute approximate surface area is 197 Å². The lowest BCUT2D eigenvalue weighted by Gasteiger charge is -2.39. The molecule has 2 aliphatic rings. The number of fused-ring (bicyclic) bond motifs is 2. The summed E-state index contributed by atoms with van der Waals surface area (Å²) in [5, 5.41) is 3.11. The lowest BCUT2D eigenvalue weighted by Crippen LogP contribution is -2.40. The van der Waals surface area contributed by atoms with Gasteiger partial charge in [-0.3, -0.25) is 4.79 Å². The Kier molecular flexibility index (Phi) is 8.31. The average Bonchev–Trinajstić information content (AvgIpc) is 3.27. The number of halogens is 1. The van der Waals surface area contributed by atoms with Crippen molar-refractivity contribution in [2.45, 2.75) is 55.9 Å². The van der Waals surface area contributed by atoms with Crippen LogP contribution in [-0.2, 0) is 0 Å². The van der Waals surface area contributed by atoms with Crippen molar-refractivity contribution in [1.29, 1.82) is 0 Å². The molecule has 2 unspecified atom stereocenters. The third-order valence-electron chi connectivity index (χ3n) is 6.30.